The number of thiophene rings is 1. The van der Waals surface area contributed by atoms with Gasteiger partial charge >= 0.3 is 0 Å². The molecule has 0 amide bonds. The predicted octanol–water partition coefficient (Wildman–Crippen LogP) is 3.05. The van der Waals surface area contributed by atoms with Crippen LogP contribution in [0.1, 0.15) is 17.7 Å². The molecule has 1 N–H and O–H groups in total. The Balaban J connectivity index is 2.02. The average Bonchev–Trinajstić information content (AvgIpc) is 2.73. The van der Waals surface area contributed by atoms with Crippen LogP contribution in [0.2, 0.25) is 0 Å². The summed E-state index contributed by atoms with van der Waals surface area (Å²) in [5, 5.41) is 5.45. The van der Waals surface area contributed by atoms with E-state index in [0.29, 0.717) is 5.41 Å². The Kier molecular flexibility index (Phi) is 2.77. The first kappa shape index (κ1) is 9.69. The number of hydrogen-bond donors (Lipinski definition) is 1. The molecule has 1 aliphatic carbocycles. The molecule has 0 radical (unpaired) electrons. The number of nitrogens with one attached hydrogen (secondary N) is 1. The van der Waals surface area contributed by atoms with Gasteiger partial charge in [0.2, 0.25) is 0 Å². The zero-order chi connectivity index (χ0) is 9.31. The van der Waals surface area contributed by atoms with Crippen molar-refractivity contribution >= 4 is 27.3 Å². The minimum Gasteiger partial charge on any atom is -0.319 e. The quantitative estimate of drug-likeness (QED) is 0.877. The monoisotopic (exact) mass is 259 g/mol. The van der Waals surface area contributed by atoms with Crippen molar-refractivity contribution in [1.82, 2.24) is 5.32 Å². The van der Waals surface area contributed by atoms with Crippen molar-refractivity contribution in [1.29, 1.82) is 0 Å². The molecule has 0 atom stereocenters. The fourth-order valence-corrected chi connectivity index (χ4v) is 3.43. The standard InChI is InChI=1S/C10H14BrNS/c1-12-7-10(3-4-10)6-9-8(11)2-5-13-9/h2,5,12H,3-4,6-7H2,1H3. The highest BCUT2D eigenvalue weighted by atomic mass is 79.9. The smallest absolute Gasteiger partial charge is 0.0314 e. The van der Waals surface area contributed by atoms with E-state index in [4.69, 9.17) is 0 Å². The fraction of sp³-hybridized carbons (Fsp3) is 0.600. The van der Waals surface area contributed by atoms with E-state index in [1.54, 1.807) is 0 Å². The van der Waals surface area contributed by atoms with Crippen molar-refractivity contribution in [3.05, 3.63) is 20.8 Å². The zero-order valence-corrected chi connectivity index (χ0v) is 10.2. The summed E-state index contributed by atoms with van der Waals surface area (Å²) >= 11 is 5.46. The Morgan fingerprint density at radius 1 is 1.62 bits per heavy atom. The van der Waals surface area contributed by atoms with Crippen LogP contribution >= 0.6 is 27.3 Å². The first-order chi connectivity index (χ1) is 6.26. The molecule has 1 saturated carbocycles. The summed E-state index contributed by atoms with van der Waals surface area (Å²) in [5.41, 5.74) is 0.585. The van der Waals surface area contributed by atoms with Crippen LogP contribution in [0.4, 0.5) is 0 Å². The van der Waals surface area contributed by atoms with Crippen molar-refractivity contribution in [2.75, 3.05) is 13.6 Å². The van der Waals surface area contributed by atoms with Gasteiger partial charge in [-0.25, -0.2) is 0 Å². The van der Waals surface area contributed by atoms with Gasteiger partial charge in [-0.2, -0.15) is 0 Å². The molecule has 0 spiro atoms. The highest BCUT2D eigenvalue weighted by molar-refractivity contribution is 9.10. The molecule has 0 aliphatic heterocycles. The molecule has 2 rings (SSSR count). The molecule has 0 saturated heterocycles. The highest BCUT2D eigenvalue weighted by Gasteiger charge is 2.42. The number of halogens is 1. The minimum absolute atomic E-state index is 0.585. The van der Waals surface area contributed by atoms with E-state index in [-0.39, 0.29) is 0 Å². The highest BCUT2D eigenvalue weighted by Crippen LogP contribution is 2.49. The van der Waals surface area contributed by atoms with Crippen LogP contribution in [0.15, 0.2) is 15.9 Å². The number of rotatable bonds is 4. The van der Waals surface area contributed by atoms with Gasteiger partial charge in [-0.3, -0.25) is 0 Å². The van der Waals surface area contributed by atoms with Gasteiger partial charge in [-0.1, -0.05) is 0 Å². The lowest BCUT2D eigenvalue weighted by Crippen LogP contribution is -2.21. The molecular formula is C10H14BrNS. The first-order valence-electron chi connectivity index (χ1n) is 4.62. The third kappa shape index (κ3) is 2.14. The topological polar surface area (TPSA) is 12.0 Å². The van der Waals surface area contributed by atoms with Crippen LogP contribution in [-0.2, 0) is 6.42 Å². The van der Waals surface area contributed by atoms with E-state index in [1.165, 1.54) is 28.6 Å². The largest absolute Gasteiger partial charge is 0.319 e. The van der Waals surface area contributed by atoms with E-state index in [9.17, 15) is 0 Å². The molecule has 1 aromatic heterocycles. The maximum atomic E-state index is 3.59. The van der Waals surface area contributed by atoms with Crippen LogP contribution < -0.4 is 5.32 Å². The molecule has 13 heavy (non-hydrogen) atoms. The van der Waals surface area contributed by atoms with E-state index in [0.717, 1.165) is 6.54 Å². The Morgan fingerprint density at radius 2 is 2.38 bits per heavy atom. The van der Waals surface area contributed by atoms with Crippen LogP contribution in [0.5, 0.6) is 0 Å². The van der Waals surface area contributed by atoms with Gasteiger partial charge in [0.25, 0.3) is 0 Å². The van der Waals surface area contributed by atoms with Crippen molar-refractivity contribution in [3.8, 4) is 0 Å². The second-order valence-corrected chi connectivity index (χ2v) is 5.75. The van der Waals surface area contributed by atoms with E-state index >= 15 is 0 Å². The molecule has 0 bridgehead atoms. The van der Waals surface area contributed by atoms with Gasteiger partial charge in [0, 0.05) is 15.9 Å². The molecule has 1 aliphatic rings. The van der Waals surface area contributed by atoms with E-state index < -0.39 is 0 Å². The van der Waals surface area contributed by atoms with Crippen LogP contribution in [0, 0.1) is 5.41 Å². The minimum atomic E-state index is 0.585. The molecule has 0 aromatic carbocycles. The third-order valence-electron chi connectivity index (χ3n) is 2.74. The van der Waals surface area contributed by atoms with Gasteiger partial charge in [-0.15, -0.1) is 11.3 Å². The lowest BCUT2D eigenvalue weighted by Gasteiger charge is -2.13. The molecule has 1 fully saturated rings. The summed E-state index contributed by atoms with van der Waals surface area (Å²) in [6.45, 7) is 1.16. The van der Waals surface area contributed by atoms with E-state index in [2.05, 4.69) is 32.7 Å². The lowest BCUT2D eigenvalue weighted by atomic mass is 10.0. The Labute approximate surface area is 91.7 Å². The normalized spacial score (nSPS) is 18.9. The molecule has 1 heterocycles. The maximum absolute atomic E-state index is 3.59. The van der Waals surface area contributed by atoms with Crippen LogP contribution in [0.3, 0.4) is 0 Å². The summed E-state index contributed by atoms with van der Waals surface area (Å²) in [7, 11) is 2.05. The zero-order valence-electron chi connectivity index (χ0n) is 7.77. The second-order valence-electron chi connectivity index (χ2n) is 3.90. The van der Waals surface area contributed by atoms with Gasteiger partial charge in [0.1, 0.15) is 0 Å². The van der Waals surface area contributed by atoms with Crippen LogP contribution in [0.25, 0.3) is 0 Å². The summed E-state index contributed by atoms with van der Waals surface area (Å²) in [4.78, 5) is 1.51. The van der Waals surface area contributed by atoms with Gasteiger partial charge in [0.05, 0.1) is 0 Å². The molecule has 1 aromatic rings. The fourth-order valence-electron chi connectivity index (χ4n) is 1.76. The van der Waals surface area contributed by atoms with Crippen LogP contribution in [-0.4, -0.2) is 13.6 Å². The molecule has 1 nitrogen and oxygen atoms in total. The average molecular weight is 260 g/mol. The van der Waals surface area contributed by atoms with E-state index in [1.807, 2.05) is 18.4 Å². The van der Waals surface area contributed by atoms with Crippen molar-refractivity contribution in [3.63, 3.8) is 0 Å². The maximum Gasteiger partial charge on any atom is 0.0314 e. The summed E-state index contributed by atoms with van der Waals surface area (Å²) < 4.78 is 1.29. The molecule has 3 heteroatoms. The Hall–Kier alpha value is 0.140. The molecular weight excluding hydrogens is 246 g/mol. The van der Waals surface area contributed by atoms with Crippen molar-refractivity contribution in [2.24, 2.45) is 5.41 Å². The SMILES string of the molecule is CNCC1(Cc2sccc2Br)CC1. The molecule has 72 valence electrons. The summed E-state index contributed by atoms with van der Waals surface area (Å²) in [6, 6.07) is 2.15. The first-order valence-corrected chi connectivity index (χ1v) is 6.29. The van der Waals surface area contributed by atoms with Gasteiger partial charge in [-0.05, 0) is 59.1 Å². The Bertz CT molecular complexity index is 291. The second kappa shape index (κ2) is 3.71. The molecule has 0 unspecified atom stereocenters. The van der Waals surface area contributed by atoms with Gasteiger partial charge < -0.3 is 5.32 Å². The summed E-state index contributed by atoms with van der Waals surface area (Å²) in [5.74, 6) is 0. The van der Waals surface area contributed by atoms with Gasteiger partial charge in [0.15, 0.2) is 0 Å². The van der Waals surface area contributed by atoms with Crippen molar-refractivity contribution < 1.29 is 0 Å². The lowest BCUT2D eigenvalue weighted by molar-refractivity contribution is 0.481. The van der Waals surface area contributed by atoms with Crippen molar-refractivity contribution in [2.45, 2.75) is 19.3 Å². The predicted molar refractivity (Wildman–Crippen MR) is 61.3 cm³/mol. The Morgan fingerprint density at radius 3 is 2.85 bits per heavy atom. The number of hydrogen-bond acceptors (Lipinski definition) is 2. The third-order valence-corrected chi connectivity index (χ3v) is 4.66. The summed E-state index contributed by atoms with van der Waals surface area (Å²) in [6.07, 6.45) is 4.02.